The number of aliphatic hydroxyl groups is 1. The molecule has 2 saturated carbocycles. The number of aryl methyl sites for hydroxylation is 1. The molecule has 0 aromatic heterocycles. The van der Waals surface area contributed by atoms with Gasteiger partial charge in [0.25, 0.3) is 0 Å². The van der Waals surface area contributed by atoms with Gasteiger partial charge < -0.3 is 10.2 Å². The SMILES string of the molecule is C#C[C@@]1(O)CC[C@H]2[C@@H]3CCc4cc(O)ccc4[C@H]3CC[C@@]21CC. The molecule has 3 aliphatic carbocycles. The molecule has 0 heterocycles. The molecule has 1 aromatic carbocycles. The van der Waals surface area contributed by atoms with Crippen molar-refractivity contribution < 1.29 is 10.2 Å². The van der Waals surface area contributed by atoms with E-state index in [0.29, 0.717) is 23.5 Å². The zero-order valence-electron chi connectivity index (χ0n) is 13.9. The quantitative estimate of drug-likeness (QED) is 0.770. The van der Waals surface area contributed by atoms with Crippen molar-refractivity contribution in [3.05, 3.63) is 29.3 Å². The third-order valence-electron chi connectivity index (χ3n) is 7.43. The van der Waals surface area contributed by atoms with E-state index in [0.717, 1.165) is 44.9 Å². The maximum Gasteiger partial charge on any atom is 0.131 e. The van der Waals surface area contributed by atoms with E-state index in [1.807, 2.05) is 12.1 Å². The first-order valence-electron chi connectivity index (χ1n) is 9.06. The van der Waals surface area contributed by atoms with E-state index in [-0.39, 0.29) is 5.41 Å². The summed E-state index contributed by atoms with van der Waals surface area (Å²) in [6.45, 7) is 2.20. The normalized spacial score (nSPS) is 41.5. The topological polar surface area (TPSA) is 40.5 Å². The van der Waals surface area contributed by atoms with Gasteiger partial charge in [0.15, 0.2) is 0 Å². The second-order valence-corrected chi connectivity index (χ2v) is 7.89. The molecule has 23 heavy (non-hydrogen) atoms. The van der Waals surface area contributed by atoms with Crippen molar-refractivity contribution in [1.29, 1.82) is 0 Å². The standard InChI is InChI=1S/C21H26O2/c1-3-20-11-9-17-16-8-6-15(22)13-14(16)5-7-18(17)19(20)10-12-21(20,23)4-2/h2,6,8,13,17-19,22-23H,3,5,7,9-12H2,1H3/t17-,18-,19+,20+,21-/m1/s1. The van der Waals surface area contributed by atoms with E-state index in [9.17, 15) is 10.2 Å². The molecule has 2 heteroatoms. The van der Waals surface area contributed by atoms with Crippen LogP contribution in [-0.4, -0.2) is 15.8 Å². The zero-order chi connectivity index (χ0) is 16.2. The maximum absolute atomic E-state index is 11.1. The lowest BCUT2D eigenvalue weighted by Gasteiger charge is -2.53. The fourth-order valence-electron chi connectivity index (χ4n) is 6.35. The summed E-state index contributed by atoms with van der Waals surface area (Å²) >= 11 is 0. The van der Waals surface area contributed by atoms with E-state index < -0.39 is 5.60 Å². The number of phenols is 1. The Balaban J connectivity index is 1.74. The predicted molar refractivity (Wildman–Crippen MR) is 91.1 cm³/mol. The van der Waals surface area contributed by atoms with Crippen molar-refractivity contribution in [3.63, 3.8) is 0 Å². The minimum Gasteiger partial charge on any atom is -0.508 e. The van der Waals surface area contributed by atoms with E-state index in [1.165, 1.54) is 11.1 Å². The van der Waals surface area contributed by atoms with Gasteiger partial charge in [0.1, 0.15) is 11.4 Å². The molecule has 0 bridgehead atoms. The fourth-order valence-corrected chi connectivity index (χ4v) is 6.35. The van der Waals surface area contributed by atoms with Crippen LogP contribution in [0.2, 0.25) is 0 Å². The van der Waals surface area contributed by atoms with Gasteiger partial charge in [0, 0.05) is 5.41 Å². The molecular weight excluding hydrogens is 284 g/mol. The third kappa shape index (κ3) is 1.86. The van der Waals surface area contributed by atoms with Crippen LogP contribution in [0.1, 0.15) is 62.5 Å². The zero-order valence-corrected chi connectivity index (χ0v) is 13.9. The smallest absolute Gasteiger partial charge is 0.131 e. The molecule has 0 spiro atoms. The van der Waals surface area contributed by atoms with Crippen molar-refractivity contribution >= 4 is 0 Å². The van der Waals surface area contributed by atoms with Crippen LogP contribution in [0.15, 0.2) is 18.2 Å². The van der Waals surface area contributed by atoms with Gasteiger partial charge in [-0.3, -0.25) is 0 Å². The van der Waals surface area contributed by atoms with Gasteiger partial charge in [-0.05, 0) is 86.0 Å². The van der Waals surface area contributed by atoms with Crippen molar-refractivity contribution in [2.24, 2.45) is 17.3 Å². The molecule has 0 saturated heterocycles. The number of hydrogen-bond acceptors (Lipinski definition) is 2. The Morgan fingerprint density at radius 2 is 2.09 bits per heavy atom. The Kier molecular flexibility index (Phi) is 3.29. The first-order valence-corrected chi connectivity index (χ1v) is 9.06. The van der Waals surface area contributed by atoms with Gasteiger partial charge >= 0.3 is 0 Å². The van der Waals surface area contributed by atoms with Crippen LogP contribution in [-0.2, 0) is 6.42 Å². The Morgan fingerprint density at radius 1 is 1.26 bits per heavy atom. The van der Waals surface area contributed by atoms with Crippen LogP contribution in [0.25, 0.3) is 0 Å². The van der Waals surface area contributed by atoms with Crippen molar-refractivity contribution in [2.45, 2.75) is 63.4 Å². The van der Waals surface area contributed by atoms with Crippen molar-refractivity contribution in [3.8, 4) is 18.1 Å². The van der Waals surface area contributed by atoms with Gasteiger partial charge in [-0.1, -0.05) is 18.9 Å². The average molecular weight is 310 g/mol. The molecule has 122 valence electrons. The lowest BCUT2D eigenvalue weighted by Crippen LogP contribution is -2.51. The van der Waals surface area contributed by atoms with Crippen molar-refractivity contribution in [1.82, 2.24) is 0 Å². The summed E-state index contributed by atoms with van der Waals surface area (Å²) in [7, 11) is 0. The van der Waals surface area contributed by atoms with Crippen LogP contribution in [0.5, 0.6) is 5.75 Å². The number of hydrogen-bond donors (Lipinski definition) is 2. The summed E-state index contributed by atoms with van der Waals surface area (Å²) in [5, 5.41) is 20.9. The average Bonchev–Trinajstić information content (AvgIpc) is 2.88. The lowest BCUT2D eigenvalue weighted by atomic mass is 9.52. The molecule has 0 radical (unpaired) electrons. The maximum atomic E-state index is 11.1. The summed E-state index contributed by atoms with van der Waals surface area (Å²) in [6.07, 6.45) is 12.9. The Morgan fingerprint density at radius 3 is 2.83 bits per heavy atom. The van der Waals surface area contributed by atoms with Crippen LogP contribution in [0.4, 0.5) is 0 Å². The minimum atomic E-state index is -0.910. The molecule has 0 unspecified atom stereocenters. The van der Waals surface area contributed by atoms with Gasteiger partial charge in [0.2, 0.25) is 0 Å². The molecule has 1 aromatic rings. The molecular formula is C21H26O2. The highest BCUT2D eigenvalue weighted by molar-refractivity contribution is 5.40. The van der Waals surface area contributed by atoms with E-state index in [1.54, 1.807) is 0 Å². The van der Waals surface area contributed by atoms with Gasteiger partial charge in [-0.15, -0.1) is 6.42 Å². The molecule has 2 fully saturated rings. The van der Waals surface area contributed by atoms with Gasteiger partial charge in [-0.25, -0.2) is 0 Å². The number of terminal acetylenes is 1. The van der Waals surface area contributed by atoms with E-state index >= 15 is 0 Å². The monoisotopic (exact) mass is 310 g/mol. The first kappa shape index (κ1) is 15.1. The minimum absolute atomic E-state index is 0.0860. The summed E-state index contributed by atoms with van der Waals surface area (Å²) in [5.74, 6) is 4.89. The molecule has 5 atom stereocenters. The number of aromatic hydroxyl groups is 1. The van der Waals surface area contributed by atoms with Crippen LogP contribution in [0.3, 0.4) is 0 Å². The van der Waals surface area contributed by atoms with Crippen LogP contribution in [0, 0.1) is 29.6 Å². The number of rotatable bonds is 1. The third-order valence-corrected chi connectivity index (χ3v) is 7.43. The van der Waals surface area contributed by atoms with Gasteiger partial charge in [0.05, 0.1) is 0 Å². The first-order chi connectivity index (χ1) is 11.0. The lowest BCUT2D eigenvalue weighted by molar-refractivity contribution is -0.0799. The van der Waals surface area contributed by atoms with Crippen molar-refractivity contribution in [2.75, 3.05) is 0 Å². The summed E-state index contributed by atoms with van der Waals surface area (Å²) in [5.41, 5.74) is 1.75. The van der Waals surface area contributed by atoms with Gasteiger partial charge in [-0.2, -0.15) is 0 Å². The number of fused-ring (bicyclic) bond motifs is 5. The van der Waals surface area contributed by atoms with Crippen LogP contribution >= 0.6 is 0 Å². The van der Waals surface area contributed by atoms with E-state index in [2.05, 4.69) is 18.9 Å². The summed E-state index contributed by atoms with van der Waals surface area (Å²) in [6, 6.07) is 5.90. The Labute approximate surface area is 138 Å². The molecule has 4 rings (SSSR count). The number of phenolic OH excluding ortho intramolecular Hbond substituents is 1. The second kappa shape index (κ2) is 5.02. The largest absolute Gasteiger partial charge is 0.508 e. The van der Waals surface area contributed by atoms with Crippen LogP contribution < -0.4 is 0 Å². The molecule has 0 aliphatic heterocycles. The fraction of sp³-hybridized carbons (Fsp3) is 0.619. The Hall–Kier alpha value is -1.46. The second-order valence-electron chi connectivity index (χ2n) is 7.89. The summed E-state index contributed by atoms with van der Waals surface area (Å²) in [4.78, 5) is 0. The predicted octanol–water partition coefficient (Wildman–Crippen LogP) is 4.00. The molecule has 3 aliphatic rings. The highest BCUT2D eigenvalue weighted by Gasteiger charge is 2.62. The molecule has 2 N–H and O–H groups in total. The highest BCUT2D eigenvalue weighted by atomic mass is 16.3. The van der Waals surface area contributed by atoms with E-state index in [4.69, 9.17) is 6.42 Å². The molecule has 2 nitrogen and oxygen atoms in total. The summed E-state index contributed by atoms with van der Waals surface area (Å²) < 4.78 is 0. The molecule has 0 amide bonds. The highest BCUT2D eigenvalue weighted by Crippen LogP contribution is 2.65. The number of benzene rings is 1. The Bertz CT molecular complexity index is 673.